The lowest BCUT2D eigenvalue weighted by Gasteiger charge is -2.33. The molecule has 9 heteroatoms. The standard InChI is InChI=1S/C21H21F3N2O4/c22-21(23,24)16-11-12-18(19(13-16)26(28)29)25(17-9-5-2-6-10-17)20(27)30-14-15-7-3-1-4-8-15/h1,3-4,7-8,11-13,17H,2,5-6,9-10,14H2. The van der Waals surface area contributed by atoms with Gasteiger partial charge >= 0.3 is 12.3 Å². The first kappa shape index (κ1) is 21.6. The minimum atomic E-state index is -4.73. The van der Waals surface area contributed by atoms with Crippen LogP contribution in [0.1, 0.15) is 43.2 Å². The van der Waals surface area contributed by atoms with Crippen LogP contribution in [-0.4, -0.2) is 17.1 Å². The van der Waals surface area contributed by atoms with E-state index in [2.05, 4.69) is 0 Å². The number of anilines is 1. The molecule has 1 aliphatic carbocycles. The second-order valence-electron chi connectivity index (χ2n) is 7.16. The van der Waals surface area contributed by atoms with Crippen molar-refractivity contribution in [2.24, 2.45) is 0 Å². The summed E-state index contributed by atoms with van der Waals surface area (Å²) in [5.74, 6) is 0. The number of rotatable bonds is 5. The van der Waals surface area contributed by atoms with Crippen LogP contribution in [0.2, 0.25) is 0 Å². The second-order valence-corrected chi connectivity index (χ2v) is 7.16. The summed E-state index contributed by atoms with van der Waals surface area (Å²) in [5, 5.41) is 11.5. The number of alkyl halides is 3. The molecule has 160 valence electrons. The maximum atomic E-state index is 13.1. The minimum Gasteiger partial charge on any atom is -0.444 e. The highest BCUT2D eigenvalue weighted by Crippen LogP contribution is 2.39. The van der Waals surface area contributed by atoms with Gasteiger partial charge in [-0.2, -0.15) is 13.2 Å². The molecule has 0 spiro atoms. The second kappa shape index (κ2) is 9.15. The first-order chi connectivity index (χ1) is 14.3. The van der Waals surface area contributed by atoms with Gasteiger partial charge in [-0.25, -0.2) is 4.79 Å². The highest BCUT2D eigenvalue weighted by molar-refractivity contribution is 5.91. The first-order valence-electron chi connectivity index (χ1n) is 9.63. The van der Waals surface area contributed by atoms with E-state index in [0.29, 0.717) is 18.9 Å². The van der Waals surface area contributed by atoms with Crippen LogP contribution in [0.15, 0.2) is 48.5 Å². The number of benzene rings is 2. The van der Waals surface area contributed by atoms with Crippen LogP contribution in [0.3, 0.4) is 0 Å². The van der Waals surface area contributed by atoms with Gasteiger partial charge in [0.1, 0.15) is 12.3 Å². The molecule has 1 amide bonds. The number of carbonyl (C=O) groups excluding carboxylic acids is 1. The van der Waals surface area contributed by atoms with E-state index in [1.54, 1.807) is 24.3 Å². The van der Waals surface area contributed by atoms with Crippen molar-refractivity contribution in [3.63, 3.8) is 0 Å². The molecule has 0 unspecified atom stereocenters. The van der Waals surface area contributed by atoms with Gasteiger partial charge in [0.05, 0.1) is 10.5 Å². The van der Waals surface area contributed by atoms with Gasteiger partial charge in [0.25, 0.3) is 5.69 Å². The maximum Gasteiger partial charge on any atom is 0.416 e. The number of amides is 1. The summed E-state index contributed by atoms with van der Waals surface area (Å²) in [5.41, 5.74) is -1.36. The molecule has 0 heterocycles. The topological polar surface area (TPSA) is 72.7 Å². The molecule has 2 aromatic carbocycles. The Bertz CT molecular complexity index is 897. The molecular formula is C21H21F3N2O4. The fourth-order valence-corrected chi connectivity index (χ4v) is 3.62. The van der Waals surface area contributed by atoms with E-state index in [-0.39, 0.29) is 18.3 Å². The molecular weight excluding hydrogens is 401 g/mol. The largest absolute Gasteiger partial charge is 0.444 e. The Balaban J connectivity index is 1.95. The average Bonchev–Trinajstić information content (AvgIpc) is 2.73. The van der Waals surface area contributed by atoms with E-state index >= 15 is 0 Å². The van der Waals surface area contributed by atoms with E-state index in [1.807, 2.05) is 6.07 Å². The average molecular weight is 422 g/mol. The third-order valence-corrected chi connectivity index (χ3v) is 5.10. The summed E-state index contributed by atoms with van der Waals surface area (Å²) in [6.45, 7) is -0.0443. The maximum absolute atomic E-state index is 13.1. The van der Waals surface area contributed by atoms with Crippen LogP contribution in [0.4, 0.5) is 29.3 Å². The van der Waals surface area contributed by atoms with Gasteiger partial charge in [-0.15, -0.1) is 0 Å². The van der Waals surface area contributed by atoms with Crippen LogP contribution >= 0.6 is 0 Å². The SMILES string of the molecule is O=C(OCc1ccccc1)N(c1ccc(C(F)(F)F)cc1[N+](=O)[O-])C1CCCCC1. The molecule has 0 radical (unpaired) electrons. The van der Waals surface area contributed by atoms with E-state index in [1.165, 1.54) is 0 Å². The van der Waals surface area contributed by atoms with Crippen LogP contribution in [-0.2, 0) is 17.5 Å². The zero-order chi connectivity index (χ0) is 21.7. The van der Waals surface area contributed by atoms with E-state index in [9.17, 15) is 28.1 Å². The zero-order valence-corrected chi connectivity index (χ0v) is 16.1. The zero-order valence-electron chi connectivity index (χ0n) is 16.1. The van der Waals surface area contributed by atoms with Crippen LogP contribution < -0.4 is 4.90 Å². The molecule has 1 saturated carbocycles. The van der Waals surface area contributed by atoms with Gasteiger partial charge in [0, 0.05) is 12.1 Å². The lowest BCUT2D eigenvalue weighted by atomic mass is 9.93. The van der Waals surface area contributed by atoms with Crippen LogP contribution in [0.25, 0.3) is 0 Å². The van der Waals surface area contributed by atoms with Gasteiger partial charge < -0.3 is 4.74 Å². The summed E-state index contributed by atoms with van der Waals surface area (Å²) >= 11 is 0. The summed E-state index contributed by atoms with van der Waals surface area (Å²) in [7, 11) is 0. The van der Waals surface area contributed by atoms with Gasteiger partial charge in [0.2, 0.25) is 0 Å². The third-order valence-electron chi connectivity index (χ3n) is 5.10. The van der Waals surface area contributed by atoms with Gasteiger partial charge in [-0.3, -0.25) is 15.0 Å². The molecule has 6 nitrogen and oxygen atoms in total. The Hall–Kier alpha value is -3.10. The Morgan fingerprint density at radius 1 is 1.10 bits per heavy atom. The predicted octanol–water partition coefficient (Wildman–Crippen LogP) is 6.09. The number of hydrogen-bond acceptors (Lipinski definition) is 4. The normalized spacial score (nSPS) is 14.9. The van der Waals surface area contributed by atoms with Gasteiger partial charge in [0.15, 0.2) is 0 Å². The molecule has 30 heavy (non-hydrogen) atoms. The number of ether oxygens (including phenoxy) is 1. The number of halogens is 3. The van der Waals surface area contributed by atoms with Gasteiger partial charge in [-0.05, 0) is 30.5 Å². The van der Waals surface area contributed by atoms with Crippen molar-refractivity contribution in [3.05, 3.63) is 69.8 Å². The molecule has 0 aliphatic heterocycles. The van der Waals surface area contributed by atoms with Crippen molar-refractivity contribution in [2.75, 3.05) is 4.90 Å². The van der Waals surface area contributed by atoms with E-state index < -0.39 is 28.4 Å². The summed E-state index contributed by atoms with van der Waals surface area (Å²) < 4.78 is 44.5. The molecule has 3 rings (SSSR count). The highest BCUT2D eigenvalue weighted by atomic mass is 19.4. The molecule has 1 aliphatic rings. The summed E-state index contributed by atoms with van der Waals surface area (Å²) in [4.78, 5) is 24.7. The Morgan fingerprint density at radius 3 is 2.37 bits per heavy atom. The Labute approximate surface area is 171 Å². The monoisotopic (exact) mass is 422 g/mol. The van der Waals surface area contributed by atoms with Crippen molar-refractivity contribution in [1.29, 1.82) is 0 Å². The molecule has 0 saturated heterocycles. The number of hydrogen-bond donors (Lipinski definition) is 0. The van der Waals surface area contributed by atoms with E-state index in [0.717, 1.165) is 41.9 Å². The molecule has 0 atom stereocenters. The quantitative estimate of drug-likeness (QED) is 0.432. The van der Waals surface area contributed by atoms with Crippen molar-refractivity contribution in [3.8, 4) is 0 Å². The van der Waals surface area contributed by atoms with Gasteiger partial charge in [-0.1, -0.05) is 49.6 Å². The molecule has 0 N–H and O–H groups in total. The van der Waals surface area contributed by atoms with Crippen molar-refractivity contribution < 1.29 is 27.6 Å². The first-order valence-corrected chi connectivity index (χ1v) is 9.63. The minimum absolute atomic E-state index is 0.0443. The Morgan fingerprint density at radius 2 is 1.77 bits per heavy atom. The predicted molar refractivity (Wildman–Crippen MR) is 104 cm³/mol. The lowest BCUT2D eigenvalue weighted by Crippen LogP contribution is -2.42. The fraction of sp³-hybridized carbons (Fsp3) is 0.381. The van der Waals surface area contributed by atoms with Crippen molar-refractivity contribution in [2.45, 2.75) is 50.9 Å². The number of nitro groups is 1. The number of nitro benzene ring substituents is 1. The summed E-state index contributed by atoms with van der Waals surface area (Å²) in [6, 6.07) is 10.7. The third kappa shape index (κ3) is 5.08. The smallest absolute Gasteiger partial charge is 0.416 e. The molecule has 2 aromatic rings. The highest BCUT2D eigenvalue weighted by Gasteiger charge is 2.37. The Kier molecular flexibility index (Phi) is 6.59. The van der Waals surface area contributed by atoms with Crippen molar-refractivity contribution >= 4 is 17.5 Å². The number of nitrogens with zero attached hydrogens (tertiary/aromatic N) is 2. The van der Waals surface area contributed by atoms with Crippen LogP contribution in [0, 0.1) is 10.1 Å². The molecule has 0 bridgehead atoms. The van der Waals surface area contributed by atoms with E-state index in [4.69, 9.17) is 4.74 Å². The van der Waals surface area contributed by atoms with Crippen molar-refractivity contribution in [1.82, 2.24) is 0 Å². The molecule has 0 aromatic heterocycles. The van der Waals surface area contributed by atoms with Crippen LogP contribution in [0.5, 0.6) is 0 Å². The number of carbonyl (C=O) groups is 1. The summed E-state index contributed by atoms with van der Waals surface area (Å²) in [6.07, 6.45) is -1.74. The molecule has 1 fully saturated rings. The fourth-order valence-electron chi connectivity index (χ4n) is 3.62. The lowest BCUT2D eigenvalue weighted by molar-refractivity contribution is -0.384.